The molecule has 1 aliphatic heterocycles. The van der Waals surface area contributed by atoms with Crippen molar-refractivity contribution in [2.75, 3.05) is 16.9 Å². The van der Waals surface area contributed by atoms with Crippen LogP contribution in [0.5, 0.6) is 0 Å². The summed E-state index contributed by atoms with van der Waals surface area (Å²) < 4.78 is 28.1. The van der Waals surface area contributed by atoms with Gasteiger partial charge in [0.25, 0.3) is 5.91 Å². The second kappa shape index (κ2) is 9.16. The number of nitrogens with one attached hydrogen (secondary N) is 2. The summed E-state index contributed by atoms with van der Waals surface area (Å²) in [5.41, 5.74) is 3.55. The smallest absolute Gasteiger partial charge is 0.338 e. The van der Waals surface area contributed by atoms with Crippen molar-refractivity contribution in [1.82, 2.24) is 5.43 Å². The summed E-state index contributed by atoms with van der Waals surface area (Å²) in [5.74, 6) is -2.03. The van der Waals surface area contributed by atoms with E-state index in [1.807, 2.05) is 0 Å². The van der Waals surface area contributed by atoms with Crippen molar-refractivity contribution in [2.45, 2.75) is 24.7 Å². The summed E-state index contributed by atoms with van der Waals surface area (Å²) in [6, 6.07) is 9.89. The number of sulfonamides is 1. The molecule has 0 aliphatic carbocycles. The molecule has 11 nitrogen and oxygen atoms in total. The molecule has 1 aliphatic rings. The lowest BCUT2D eigenvalue weighted by atomic mass is 10.2. The number of hydrogen-bond acceptors (Lipinski definition) is 7. The monoisotopic (exact) mass is 460 g/mol. The number of anilines is 2. The Labute approximate surface area is 183 Å². The van der Waals surface area contributed by atoms with Crippen LogP contribution >= 0.6 is 0 Å². The van der Waals surface area contributed by atoms with Gasteiger partial charge in [0.2, 0.25) is 21.8 Å². The van der Waals surface area contributed by atoms with Crippen molar-refractivity contribution in [3.8, 4) is 0 Å². The molecule has 1 heterocycles. The lowest BCUT2D eigenvalue weighted by Crippen LogP contribution is -2.50. The molecule has 1 fully saturated rings. The van der Waals surface area contributed by atoms with E-state index in [-0.39, 0.29) is 40.8 Å². The molecule has 3 amide bonds. The van der Waals surface area contributed by atoms with Crippen molar-refractivity contribution in [1.29, 1.82) is 0 Å². The van der Waals surface area contributed by atoms with Crippen LogP contribution in [-0.4, -0.2) is 38.7 Å². The molecule has 2 aromatic carbocycles. The standard InChI is InChI=1S/C20H20N4O7S/c1-12-2-5-14(10-16(12)32(21,29)30)22-18(26)11-31-20(28)13-3-6-15(7-4-13)24-19(27)9-8-17(25)23-24/h2-7,10H,8-9,11H2,1H3,(H,22,26)(H,23,25)(H2,21,29,30). The highest BCUT2D eigenvalue weighted by molar-refractivity contribution is 7.89. The molecule has 0 unspecified atom stereocenters. The largest absolute Gasteiger partial charge is 0.452 e. The predicted octanol–water partition coefficient (Wildman–Crippen LogP) is 0.596. The van der Waals surface area contributed by atoms with Crippen LogP contribution in [0.4, 0.5) is 11.4 Å². The third-order valence-corrected chi connectivity index (χ3v) is 5.58. The first kappa shape index (κ1) is 22.9. The molecule has 4 N–H and O–H groups in total. The van der Waals surface area contributed by atoms with Gasteiger partial charge >= 0.3 is 5.97 Å². The van der Waals surface area contributed by atoms with Gasteiger partial charge in [-0.2, -0.15) is 0 Å². The van der Waals surface area contributed by atoms with Gasteiger partial charge in [-0.1, -0.05) is 6.07 Å². The molecule has 12 heteroatoms. The van der Waals surface area contributed by atoms with E-state index < -0.39 is 28.5 Å². The predicted molar refractivity (Wildman–Crippen MR) is 113 cm³/mol. The number of rotatable bonds is 6. The highest BCUT2D eigenvalue weighted by Gasteiger charge is 2.24. The van der Waals surface area contributed by atoms with Crippen LogP contribution in [0, 0.1) is 6.92 Å². The van der Waals surface area contributed by atoms with Crippen LogP contribution in [-0.2, 0) is 29.1 Å². The lowest BCUT2D eigenvalue weighted by molar-refractivity contribution is -0.130. The highest BCUT2D eigenvalue weighted by atomic mass is 32.2. The average Bonchev–Trinajstić information content (AvgIpc) is 2.74. The quantitative estimate of drug-likeness (QED) is 0.531. The number of benzene rings is 2. The number of carbonyl (C=O) groups is 4. The van der Waals surface area contributed by atoms with Crippen molar-refractivity contribution >= 4 is 45.1 Å². The molecule has 0 bridgehead atoms. The number of nitrogens with zero attached hydrogens (tertiary/aromatic N) is 1. The van der Waals surface area contributed by atoms with Crippen LogP contribution in [0.2, 0.25) is 0 Å². The number of amides is 3. The molecule has 32 heavy (non-hydrogen) atoms. The third kappa shape index (κ3) is 5.47. The van der Waals surface area contributed by atoms with Gasteiger partial charge in [0.15, 0.2) is 6.61 Å². The molecule has 0 saturated carbocycles. The molecule has 3 rings (SSSR count). The van der Waals surface area contributed by atoms with Gasteiger partial charge in [0.05, 0.1) is 16.1 Å². The minimum Gasteiger partial charge on any atom is -0.452 e. The van der Waals surface area contributed by atoms with Crippen LogP contribution in [0.3, 0.4) is 0 Å². The Balaban J connectivity index is 1.58. The number of esters is 1. The second-order valence-corrected chi connectivity index (χ2v) is 8.49. The molecule has 1 saturated heterocycles. The average molecular weight is 460 g/mol. The topological polar surface area (TPSA) is 165 Å². The van der Waals surface area contributed by atoms with Crippen LogP contribution in [0.25, 0.3) is 0 Å². The van der Waals surface area contributed by atoms with Gasteiger partial charge in [0, 0.05) is 18.5 Å². The van der Waals surface area contributed by atoms with E-state index in [1.54, 1.807) is 6.92 Å². The number of hydrogen-bond donors (Lipinski definition) is 3. The van der Waals surface area contributed by atoms with E-state index in [4.69, 9.17) is 9.88 Å². The van der Waals surface area contributed by atoms with Gasteiger partial charge in [-0.15, -0.1) is 0 Å². The first-order valence-electron chi connectivity index (χ1n) is 9.37. The van der Waals surface area contributed by atoms with Gasteiger partial charge in [-0.3, -0.25) is 19.8 Å². The number of nitrogens with two attached hydrogens (primary N) is 1. The maximum Gasteiger partial charge on any atom is 0.338 e. The van der Waals surface area contributed by atoms with E-state index in [1.165, 1.54) is 42.5 Å². The molecule has 0 radical (unpaired) electrons. The van der Waals surface area contributed by atoms with Crippen molar-refractivity contribution in [2.24, 2.45) is 5.14 Å². The molecular weight excluding hydrogens is 440 g/mol. The summed E-state index contributed by atoms with van der Waals surface area (Å²) in [6.45, 7) is 0.952. The fourth-order valence-corrected chi connectivity index (χ4v) is 3.73. The Bertz CT molecular complexity index is 1190. The maximum atomic E-state index is 12.2. The van der Waals surface area contributed by atoms with Gasteiger partial charge in [-0.25, -0.2) is 23.4 Å². The van der Waals surface area contributed by atoms with Crippen molar-refractivity contribution in [3.05, 3.63) is 53.6 Å². The Morgan fingerprint density at radius 1 is 1.12 bits per heavy atom. The van der Waals surface area contributed by atoms with Crippen LogP contribution in [0.15, 0.2) is 47.4 Å². The maximum absolute atomic E-state index is 12.2. The fourth-order valence-electron chi connectivity index (χ4n) is 2.93. The number of ether oxygens (including phenoxy) is 1. The zero-order valence-corrected chi connectivity index (χ0v) is 17.8. The Morgan fingerprint density at radius 2 is 1.81 bits per heavy atom. The van der Waals surface area contributed by atoms with Gasteiger partial charge in [-0.05, 0) is 48.9 Å². The van der Waals surface area contributed by atoms with E-state index >= 15 is 0 Å². The number of carbonyl (C=O) groups excluding carboxylic acids is 4. The molecule has 0 aromatic heterocycles. The first-order valence-corrected chi connectivity index (χ1v) is 10.9. The fraction of sp³-hybridized carbons (Fsp3) is 0.200. The van der Waals surface area contributed by atoms with E-state index in [0.29, 0.717) is 11.3 Å². The number of aryl methyl sites for hydroxylation is 1. The molecule has 0 atom stereocenters. The van der Waals surface area contributed by atoms with Gasteiger partial charge in [0.1, 0.15) is 0 Å². The summed E-state index contributed by atoms with van der Waals surface area (Å²) in [6.07, 6.45) is 0.207. The summed E-state index contributed by atoms with van der Waals surface area (Å²) in [5, 5.41) is 8.67. The van der Waals surface area contributed by atoms with Crippen molar-refractivity contribution in [3.63, 3.8) is 0 Å². The van der Waals surface area contributed by atoms with Crippen LogP contribution < -0.4 is 20.9 Å². The lowest BCUT2D eigenvalue weighted by Gasteiger charge is -2.27. The Hall–Kier alpha value is -3.77. The summed E-state index contributed by atoms with van der Waals surface area (Å²) in [7, 11) is -3.96. The SMILES string of the molecule is Cc1ccc(NC(=O)COC(=O)c2ccc(N3NC(=O)CCC3=O)cc2)cc1S(N)(=O)=O. The number of primary sulfonamides is 1. The molecule has 2 aromatic rings. The third-order valence-electron chi connectivity index (χ3n) is 4.53. The second-order valence-electron chi connectivity index (χ2n) is 6.96. The molecular formula is C20H20N4O7S. The van der Waals surface area contributed by atoms with Crippen molar-refractivity contribution < 1.29 is 32.3 Å². The summed E-state index contributed by atoms with van der Waals surface area (Å²) >= 11 is 0. The number of hydrazine groups is 1. The highest BCUT2D eigenvalue weighted by Crippen LogP contribution is 2.20. The molecule has 0 spiro atoms. The van der Waals surface area contributed by atoms with E-state index in [2.05, 4.69) is 10.7 Å². The van der Waals surface area contributed by atoms with E-state index in [9.17, 15) is 27.6 Å². The zero-order valence-electron chi connectivity index (χ0n) is 17.0. The normalized spacial score (nSPS) is 14.0. The molecule has 168 valence electrons. The summed E-state index contributed by atoms with van der Waals surface area (Å²) in [4.78, 5) is 47.5. The minimum atomic E-state index is -3.96. The minimum absolute atomic E-state index is 0.0877. The first-order chi connectivity index (χ1) is 15.0. The Morgan fingerprint density at radius 3 is 2.47 bits per heavy atom. The van der Waals surface area contributed by atoms with Crippen LogP contribution in [0.1, 0.15) is 28.8 Å². The Kier molecular flexibility index (Phi) is 6.55. The van der Waals surface area contributed by atoms with Gasteiger partial charge < -0.3 is 10.1 Å². The zero-order chi connectivity index (χ0) is 23.5. The van der Waals surface area contributed by atoms with E-state index in [0.717, 1.165) is 5.01 Å².